The average molecular weight is 303 g/mol. The summed E-state index contributed by atoms with van der Waals surface area (Å²) >= 11 is 3.42. The maximum Gasteiger partial charge on any atom is 0.158 e. The Morgan fingerprint density at radius 2 is 1.78 bits per heavy atom. The fourth-order valence-electron chi connectivity index (χ4n) is 1.95. The highest BCUT2D eigenvalue weighted by Gasteiger charge is 2.23. The van der Waals surface area contributed by atoms with E-state index in [0.29, 0.717) is 0 Å². The zero-order valence-corrected chi connectivity index (χ0v) is 11.2. The number of nitrogens with zero attached hydrogens (tertiary/aromatic N) is 2. The van der Waals surface area contributed by atoms with E-state index < -0.39 is 0 Å². The molecule has 0 fully saturated rings. The van der Waals surface area contributed by atoms with Gasteiger partial charge < -0.3 is 4.84 Å². The third-order valence-electron chi connectivity index (χ3n) is 2.92. The SMILES string of the molecule is Brc1ccc(C2=NOC(c3ccncc3)C2)cc1. The van der Waals surface area contributed by atoms with Gasteiger partial charge in [0.2, 0.25) is 0 Å². The second-order valence-electron chi connectivity index (χ2n) is 4.12. The number of benzene rings is 1. The maximum atomic E-state index is 5.48. The molecular weight excluding hydrogens is 292 g/mol. The molecule has 4 heteroatoms. The summed E-state index contributed by atoms with van der Waals surface area (Å²) in [6.07, 6.45) is 4.35. The van der Waals surface area contributed by atoms with Crippen molar-refractivity contribution in [2.75, 3.05) is 0 Å². The fourth-order valence-corrected chi connectivity index (χ4v) is 2.21. The van der Waals surface area contributed by atoms with Crippen LogP contribution in [0.1, 0.15) is 23.7 Å². The fraction of sp³-hybridized carbons (Fsp3) is 0.143. The Balaban J connectivity index is 1.77. The van der Waals surface area contributed by atoms with Gasteiger partial charge in [0.1, 0.15) is 0 Å². The number of aromatic nitrogens is 1. The van der Waals surface area contributed by atoms with Crippen LogP contribution in [0.2, 0.25) is 0 Å². The predicted molar refractivity (Wildman–Crippen MR) is 73.4 cm³/mol. The van der Waals surface area contributed by atoms with Crippen molar-refractivity contribution in [3.05, 3.63) is 64.4 Å². The van der Waals surface area contributed by atoms with Crippen LogP contribution >= 0.6 is 15.9 Å². The van der Waals surface area contributed by atoms with Gasteiger partial charge in [-0.2, -0.15) is 0 Å². The van der Waals surface area contributed by atoms with Crippen LogP contribution in [-0.2, 0) is 4.84 Å². The van der Waals surface area contributed by atoms with E-state index in [4.69, 9.17) is 4.84 Å². The van der Waals surface area contributed by atoms with Crippen molar-refractivity contribution in [1.29, 1.82) is 0 Å². The highest BCUT2D eigenvalue weighted by molar-refractivity contribution is 9.10. The van der Waals surface area contributed by atoms with Gasteiger partial charge in [-0.25, -0.2) is 0 Å². The summed E-state index contributed by atoms with van der Waals surface area (Å²) in [6.45, 7) is 0. The van der Waals surface area contributed by atoms with Gasteiger partial charge in [-0.1, -0.05) is 33.2 Å². The van der Waals surface area contributed by atoms with E-state index in [1.165, 1.54) is 0 Å². The second kappa shape index (κ2) is 4.90. The summed E-state index contributed by atoms with van der Waals surface area (Å²) in [5.41, 5.74) is 3.21. The Labute approximate surface area is 114 Å². The number of hydrogen-bond donors (Lipinski definition) is 0. The highest BCUT2D eigenvalue weighted by atomic mass is 79.9. The van der Waals surface area contributed by atoms with Gasteiger partial charge in [0.15, 0.2) is 6.10 Å². The first-order valence-corrected chi connectivity index (χ1v) is 6.51. The lowest BCUT2D eigenvalue weighted by Gasteiger charge is -2.07. The first kappa shape index (κ1) is 11.4. The lowest BCUT2D eigenvalue weighted by atomic mass is 10.0. The van der Waals surface area contributed by atoms with E-state index in [2.05, 4.69) is 26.1 Å². The molecule has 0 radical (unpaired) electrons. The lowest BCUT2D eigenvalue weighted by Crippen LogP contribution is -2.01. The topological polar surface area (TPSA) is 34.5 Å². The molecule has 1 aliphatic heterocycles. The molecule has 1 aliphatic rings. The van der Waals surface area contributed by atoms with Crippen LogP contribution in [0.15, 0.2) is 58.4 Å². The van der Waals surface area contributed by atoms with Crippen molar-refractivity contribution in [3.8, 4) is 0 Å². The van der Waals surface area contributed by atoms with Crippen LogP contribution in [0.25, 0.3) is 0 Å². The van der Waals surface area contributed by atoms with Crippen molar-refractivity contribution in [2.45, 2.75) is 12.5 Å². The molecule has 3 nitrogen and oxygen atoms in total. The third-order valence-corrected chi connectivity index (χ3v) is 3.45. The van der Waals surface area contributed by atoms with Crippen molar-refractivity contribution in [2.24, 2.45) is 5.16 Å². The van der Waals surface area contributed by atoms with Crippen LogP contribution in [-0.4, -0.2) is 10.7 Å². The van der Waals surface area contributed by atoms with E-state index >= 15 is 0 Å². The smallest absolute Gasteiger partial charge is 0.158 e. The number of halogens is 1. The maximum absolute atomic E-state index is 5.48. The summed E-state index contributed by atoms with van der Waals surface area (Å²) in [4.78, 5) is 9.49. The molecule has 0 amide bonds. The molecular formula is C14H11BrN2O. The Hall–Kier alpha value is -1.68. The summed E-state index contributed by atoms with van der Waals surface area (Å²) in [6, 6.07) is 12.0. The van der Waals surface area contributed by atoms with Gasteiger partial charge in [-0.15, -0.1) is 0 Å². The van der Waals surface area contributed by atoms with Gasteiger partial charge in [0, 0.05) is 23.3 Å². The van der Waals surface area contributed by atoms with Gasteiger partial charge >= 0.3 is 0 Å². The molecule has 3 rings (SSSR count). The molecule has 1 aromatic carbocycles. The van der Waals surface area contributed by atoms with Crippen molar-refractivity contribution >= 4 is 21.6 Å². The molecule has 0 N–H and O–H groups in total. The number of pyridine rings is 1. The molecule has 1 atom stereocenters. The van der Waals surface area contributed by atoms with Gasteiger partial charge in [0.25, 0.3) is 0 Å². The van der Waals surface area contributed by atoms with Crippen molar-refractivity contribution < 1.29 is 4.84 Å². The van der Waals surface area contributed by atoms with Crippen LogP contribution < -0.4 is 0 Å². The van der Waals surface area contributed by atoms with Crippen LogP contribution in [0.3, 0.4) is 0 Å². The minimum atomic E-state index is 0.00615. The predicted octanol–water partition coefficient (Wildman–Crippen LogP) is 3.71. The minimum absolute atomic E-state index is 0.00615. The Bertz CT molecular complexity index is 566. The van der Waals surface area contributed by atoms with Crippen LogP contribution in [0.5, 0.6) is 0 Å². The normalized spacial score (nSPS) is 18.3. The molecule has 90 valence electrons. The van der Waals surface area contributed by atoms with E-state index in [9.17, 15) is 0 Å². The molecule has 0 saturated carbocycles. The van der Waals surface area contributed by atoms with E-state index in [1.54, 1.807) is 12.4 Å². The monoisotopic (exact) mass is 302 g/mol. The van der Waals surface area contributed by atoms with Crippen LogP contribution in [0, 0.1) is 0 Å². The largest absolute Gasteiger partial charge is 0.387 e. The van der Waals surface area contributed by atoms with Crippen LogP contribution in [0.4, 0.5) is 0 Å². The van der Waals surface area contributed by atoms with Gasteiger partial charge in [-0.3, -0.25) is 4.98 Å². The average Bonchev–Trinajstić information content (AvgIpc) is 2.90. The summed E-state index contributed by atoms with van der Waals surface area (Å²) in [5, 5.41) is 4.17. The molecule has 1 unspecified atom stereocenters. The van der Waals surface area contributed by atoms with Crippen molar-refractivity contribution in [1.82, 2.24) is 4.98 Å². The molecule has 2 heterocycles. The number of hydrogen-bond acceptors (Lipinski definition) is 3. The van der Waals surface area contributed by atoms with Gasteiger partial charge in [-0.05, 0) is 35.4 Å². The first-order valence-electron chi connectivity index (χ1n) is 5.71. The zero-order chi connectivity index (χ0) is 12.4. The standard InChI is InChI=1S/C14H11BrN2O/c15-12-3-1-10(2-4-12)13-9-14(18-17-13)11-5-7-16-8-6-11/h1-8,14H,9H2. The Morgan fingerprint density at radius 3 is 2.50 bits per heavy atom. The van der Waals surface area contributed by atoms with E-state index in [1.807, 2.05) is 36.4 Å². The third kappa shape index (κ3) is 2.29. The second-order valence-corrected chi connectivity index (χ2v) is 5.04. The summed E-state index contributed by atoms with van der Waals surface area (Å²) < 4.78 is 1.07. The first-order chi connectivity index (χ1) is 8.83. The minimum Gasteiger partial charge on any atom is -0.387 e. The van der Waals surface area contributed by atoms with Crippen molar-refractivity contribution in [3.63, 3.8) is 0 Å². The molecule has 0 spiro atoms. The molecule has 18 heavy (non-hydrogen) atoms. The number of oxime groups is 1. The van der Waals surface area contributed by atoms with E-state index in [0.717, 1.165) is 27.7 Å². The lowest BCUT2D eigenvalue weighted by molar-refractivity contribution is 0.0857. The quantitative estimate of drug-likeness (QED) is 0.847. The Morgan fingerprint density at radius 1 is 1.06 bits per heavy atom. The zero-order valence-electron chi connectivity index (χ0n) is 9.58. The van der Waals surface area contributed by atoms with E-state index in [-0.39, 0.29) is 6.10 Å². The molecule has 1 aromatic heterocycles. The number of rotatable bonds is 2. The van der Waals surface area contributed by atoms with Gasteiger partial charge in [0.05, 0.1) is 5.71 Å². The highest BCUT2D eigenvalue weighted by Crippen LogP contribution is 2.29. The molecule has 0 aliphatic carbocycles. The summed E-state index contributed by atoms with van der Waals surface area (Å²) in [5.74, 6) is 0. The molecule has 2 aromatic rings. The summed E-state index contributed by atoms with van der Waals surface area (Å²) in [7, 11) is 0. The Kier molecular flexibility index (Phi) is 3.11. The molecule has 0 bridgehead atoms. The molecule has 0 saturated heterocycles.